The van der Waals surface area contributed by atoms with Crippen LogP contribution in [-0.2, 0) is 14.3 Å². The first kappa shape index (κ1) is 84.6. The minimum absolute atomic E-state index is 0.0278. The third-order valence-corrected chi connectivity index (χ3v) is 19.1. The van der Waals surface area contributed by atoms with Gasteiger partial charge in [-0.05, 0) is 32.1 Å². The number of unbranched alkanes of at least 4 members (excludes halogenated alkanes) is 65. The molecule has 0 aromatic heterocycles. The summed E-state index contributed by atoms with van der Waals surface area (Å²) in [7, 11) is 0. The zero-order valence-corrected chi connectivity index (χ0v) is 58.8. The molecule has 0 heterocycles. The number of carbonyl (C=O) groups excluding carboxylic acids is 2. The molecule has 0 aromatic carbocycles. The minimum Gasteiger partial charge on any atom is -0.466 e. The lowest BCUT2D eigenvalue weighted by atomic mass is 10.0. The third-order valence-electron chi connectivity index (χ3n) is 19.1. The predicted molar refractivity (Wildman–Crippen MR) is 380 cm³/mol. The smallest absolute Gasteiger partial charge is 0.305 e. The van der Waals surface area contributed by atoms with Crippen molar-refractivity contribution in [2.24, 2.45) is 0 Å². The van der Waals surface area contributed by atoms with Crippen LogP contribution < -0.4 is 5.32 Å². The molecule has 0 aliphatic rings. The molecule has 86 heavy (non-hydrogen) atoms. The van der Waals surface area contributed by atoms with E-state index in [4.69, 9.17) is 4.74 Å². The standard InChI is InChI=1S/C80H157NO5/c1-3-5-7-9-11-13-15-17-19-44-48-52-56-60-64-68-72-78(83)77(76-82)81-79(84)73-69-65-61-57-53-49-45-42-40-38-36-34-32-30-28-26-24-22-21-23-25-27-29-31-33-35-37-39-41-43-47-51-55-59-63-67-71-75-86-80(85)74-70-66-62-58-54-50-46-20-18-16-14-12-10-8-6-4-2/h68,72,77-78,82-83H,3-67,69-71,73-76H2,1-2H3,(H,81,84)/b72-68+. The maximum atomic E-state index is 12.5. The van der Waals surface area contributed by atoms with E-state index in [1.54, 1.807) is 6.08 Å². The number of aliphatic hydroxyl groups is 2. The van der Waals surface area contributed by atoms with Crippen LogP contribution in [0, 0.1) is 0 Å². The molecule has 0 spiro atoms. The summed E-state index contributed by atoms with van der Waals surface area (Å²) in [6, 6.07) is -0.623. The second kappa shape index (κ2) is 76.1. The van der Waals surface area contributed by atoms with Crippen LogP contribution in [0.3, 0.4) is 0 Å². The van der Waals surface area contributed by atoms with E-state index in [2.05, 4.69) is 19.2 Å². The van der Waals surface area contributed by atoms with Crippen molar-refractivity contribution in [2.75, 3.05) is 13.2 Å². The van der Waals surface area contributed by atoms with Crippen LogP contribution in [0.1, 0.15) is 463 Å². The second-order valence-electron chi connectivity index (χ2n) is 27.8. The summed E-state index contributed by atoms with van der Waals surface area (Å²) < 4.78 is 5.51. The van der Waals surface area contributed by atoms with Crippen LogP contribution in [-0.4, -0.2) is 47.4 Å². The van der Waals surface area contributed by atoms with Gasteiger partial charge in [-0.25, -0.2) is 0 Å². The van der Waals surface area contributed by atoms with Crippen LogP contribution in [0.2, 0.25) is 0 Å². The van der Waals surface area contributed by atoms with Crippen molar-refractivity contribution in [1.82, 2.24) is 5.32 Å². The predicted octanol–water partition coefficient (Wildman–Crippen LogP) is 26.3. The Morgan fingerprint density at radius 3 is 0.791 bits per heavy atom. The number of allylic oxidation sites excluding steroid dienone is 1. The highest BCUT2D eigenvalue weighted by Gasteiger charge is 2.18. The van der Waals surface area contributed by atoms with E-state index >= 15 is 0 Å². The van der Waals surface area contributed by atoms with Gasteiger partial charge in [-0.15, -0.1) is 0 Å². The fourth-order valence-electron chi connectivity index (χ4n) is 13.0. The van der Waals surface area contributed by atoms with Crippen LogP contribution in [0.5, 0.6) is 0 Å². The maximum Gasteiger partial charge on any atom is 0.305 e. The van der Waals surface area contributed by atoms with E-state index < -0.39 is 12.1 Å². The quantitative estimate of drug-likeness (QED) is 0.0320. The number of amides is 1. The molecule has 512 valence electrons. The van der Waals surface area contributed by atoms with Crippen LogP contribution >= 0.6 is 0 Å². The third kappa shape index (κ3) is 71.7. The highest BCUT2D eigenvalue weighted by molar-refractivity contribution is 5.76. The van der Waals surface area contributed by atoms with Crippen LogP contribution in [0.25, 0.3) is 0 Å². The number of hydrogen-bond acceptors (Lipinski definition) is 5. The van der Waals surface area contributed by atoms with Gasteiger partial charge in [0.2, 0.25) is 5.91 Å². The number of rotatable bonds is 76. The van der Waals surface area contributed by atoms with E-state index in [-0.39, 0.29) is 18.5 Å². The first-order valence-corrected chi connectivity index (χ1v) is 40.0. The summed E-state index contributed by atoms with van der Waals surface area (Å²) in [6.07, 6.45) is 96.4. The molecular formula is C80H157NO5. The minimum atomic E-state index is -0.840. The Labute approximate surface area is 539 Å². The highest BCUT2D eigenvalue weighted by Crippen LogP contribution is 2.20. The van der Waals surface area contributed by atoms with Gasteiger partial charge in [0.25, 0.3) is 0 Å². The molecule has 2 atom stereocenters. The Morgan fingerprint density at radius 2 is 0.535 bits per heavy atom. The molecule has 2 unspecified atom stereocenters. The number of esters is 1. The Morgan fingerprint density at radius 1 is 0.314 bits per heavy atom. The van der Waals surface area contributed by atoms with Crippen molar-refractivity contribution in [2.45, 2.75) is 475 Å². The molecule has 0 bridgehead atoms. The van der Waals surface area contributed by atoms with Crippen molar-refractivity contribution >= 4 is 11.9 Å². The Balaban J connectivity index is 3.29. The van der Waals surface area contributed by atoms with Gasteiger partial charge in [0.05, 0.1) is 25.4 Å². The van der Waals surface area contributed by atoms with E-state index in [1.807, 2.05) is 6.08 Å². The summed E-state index contributed by atoms with van der Waals surface area (Å²) >= 11 is 0. The SMILES string of the molecule is CCCCCCCCCCCCCCCC/C=C/C(O)C(CO)NC(=O)CCCCCCCCCCCCCCCCCCCCCCCCCCCCCCCCCCCCCCCOC(=O)CCCCCCCCCCCCCCCCCC. The topological polar surface area (TPSA) is 95.9 Å². The molecule has 0 aliphatic heterocycles. The van der Waals surface area contributed by atoms with Gasteiger partial charge >= 0.3 is 5.97 Å². The molecule has 3 N–H and O–H groups in total. The number of nitrogens with one attached hydrogen (secondary N) is 1. The largest absolute Gasteiger partial charge is 0.466 e. The number of ether oxygens (including phenoxy) is 1. The van der Waals surface area contributed by atoms with Crippen LogP contribution in [0.15, 0.2) is 12.2 Å². The van der Waals surface area contributed by atoms with E-state index in [1.165, 1.54) is 398 Å². The molecule has 6 nitrogen and oxygen atoms in total. The van der Waals surface area contributed by atoms with Gasteiger partial charge in [-0.1, -0.05) is 431 Å². The van der Waals surface area contributed by atoms with Gasteiger partial charge in [-0.2, -0.15) is 0 Å². The fraction of sp³-hybridized carbons (Fsp3) is 0.950. The highest BCUT2D eigenvalue weighted by atomic mass is 16.5. The Bertz CT molecular complexity index is 1300. The fourth-order valence-corrected chi connectivity index (χ4v) is 13.0. The maximum absolute atomic E-state index is 12.5. The second-order valence-corrected chi connectivity index (χ2v) is 27.8. The zero-order valence-electron chi connectivity index (χ0n) is 58.8. The lowest BCUT2D eigenvalue weighted by molar-refractivity contribution is -0.143. The molecule has 0 aromatic rings. The van der Waals surface area contributed by atoms with Gasteiger partial charge in [0.1, 0.15) is 0 Å². The van der Waals surface area contributed by atoms with Crippen molar-refractivity contribution in [3.05, 3.63) is 12.2 Å². The Kier molecular flexibility index (Phi) is 74.8. The van der Waals surface area contributed by atoms with Gasteiger partial charge < -0.3 is 20.3 Å². The van der Waals surface area contributed by atoms with E-state index in [9.17, 15) is 19.8 Å². The average Bonchev–Trinajstić information content (AvgIpc) is 3.61. The number of aliphatic hydroxyl groups excluding tert-OH is 2. The molecule has 0 radical (unpaired) electrons. The molecule has 0 fully saturated rings. The number of carbonyl (C=O) groups is 2. The molecule has 0 aliphatic carbocycles. The first-order chi connectivity index (χ1) is 42.5. The van der Waals surface area contributed by atoms with Gasteiger partial charge in [-0.3, -0.25) is 9.59 Å². The van der Waals surface area contributed by atoms with Crippen molar-refractivity contribution in [3.8, 4) is 0 Å². The molecule has 0 saturated heterocycles. The zero-order chi connectivity index (χ0) is 62.0. The monoisotopic (exact) mass is 1210 g/mol. The van der Waals surface area contributed by atoms with E-state index in [0.717, 1.165) is 38.5 Å². The average molecular weight is 1210 g/mol. The molecule has 6 heteroatoms. The molecular weight excluding hydrogens is 1050 g/mol. The summed E-state index contributed by atoms with van der Waals surface area (Å²) in [4.78, 5) is 24.6. The summed E-state index contributed by atoms with van der Waals surface area (Å²) in [5, 5.41) is 23.2. The van der Waals surface area contributed by atoms with Gasteiger partial charge in [0.15, 0.2) is 0 Å². The summed E-state index contributed by atoms with van der Waals surface area (Å²) in [5.41, 5.74) is 0. The van der Waals surface area contributed by atoms with Crippen molar-refractivity contribution in [3.63, 3.8) is 0 Å². The normalized spacial score (nSPS) is 12.5. The molecule has 1 amide bonds. The Hall–Kier alpha value is -1.40. The summed E-state index contributed by atoms with van der Waals surface area (Å²) in [6.45, 7) is 4.96. The first-order valence-electron chi connectivity index (χ1n) is 40.0. The number of hydrogen-bond donors (Lipinski definition) is 3. The lowest BCUT2D eigenvalue weighted by Crippen LogP contribution is -2.45. The lowest BCUT2D eigenvalue weighted by Gasteiger charge is -2.20. The van der Waals surface area contributed by atoms with Crippen molar-refractivity contribution < 1.29 is 24.5 Å². The van der Waals surface area contributed by atoms with Crippen LogP contribution in [0.4, 0.5) is 0 Å². The van der Waals surface area contributed by atoms with E-state index in [0.29, 0.717) is 19.4 Å². The molecule has 0 saturated carbocycles. The summed E-state index contributed by atoms with van der Waals surface area (Å²) in [5.74, 6) is -0.0306. The molecule has 0 rings (SSSR count). The van der Waals surface area contributed by atoms with Crippen molar-refractivity contribution in [1.29, 1.82) is 0 Å². The van der Waals surface area contributed by atoms with Gasteiger partial charge in [0, 0.05) is 12.8 Å².